The average Bonchev–Trinajstić information content (AvgIpc) is 3.61. The maximum Gasteiger partial charge on any atom is 0.414 e. The minimum Gasteiger partial charge on any atom is -0.508 e. The van der Waals surface area contributed by atoms with E-state index in [1.165, 1.54) is 51.4 Å². The number of hydrogen-bond donors (Lipinski definition) is 5. The molecule has 4 aromatic carbocycles. The molecule has 9 nitrogen and oxygen atoms in total. The number of carbonyl (C=O) groups is 2. The topological polar surface area (TPSA) is 142 Å². The van der Waals surface area contributed by atoms with Crippen molar-refractivity contribution in [1.82, 2.24) is 9.80 Å². The van der Waals surface area contributed by atoms with Crippen LogP contribution in [0.2, 0.25) is 0 Å². The molecule has 0 unspecified atom stereocenters. The lowest BCUT2D eigenvalue weighted by Gasteiger charge is -2.37. The maximum atomic E-state index is 12.6. The van der Waals surface area contributed by atoms with Crippen LogP contribution in [0.25, 0.3) is 0 Å². The number of phenolic OH excluding ortho intramolecular Hbond substituents is 2. The molecule has 288 valence electrons. The average molecular weight is 737 g/mol. The number of aromatic hydroxyl groups is 2. The number of carboxylic acid groups (broad SMARTS) is 2. The van der Waals surface area contributed by atoms with Crippen LogP contribution in [0.1, 0.15) is 105 Å². The summed E-state index contributed by atoms with van der Waals surface area (Å²) in [6, 6.07) is 32.3. The standard InChI is InChI=1S/C43H54N2O3.C2H2O4/c1-42(38-20-22-40(46)34(30-38)32-44-26-12-2-3-13-27-44,39-21-23-41(47)35(31-39)33-45-28-14-4-5-15-29-45)24-25-43(48,36-16-8-6-9-17-36)37-18-10-7-11-19-37;3-1(4)2(5)6/h6-11,16-23,30-31,46-48H,2-5,12-15,24-29,32-33H2,1H3;(H,3,4)(H,5,6). The van der Waals surface area contributed by atoms with Crippen molar-refractivity contribution in [3.63, 3.8) is 0 Å². The van der Waals surface area contributed by atoms with Gasteiger partial charge in [-0.15, -0.1) is 0 Å². The number of likely N-dealkylation sites (tertiary alicyclic amines) is 2. The highest BCUT2D eigenvalue weighted by Crippen LogP contribution is 2.44. The summed E-state index contributed by atoms with van der Waals surface area (Å²) >= 11 is 0. The summed E-state index contributed by atoms with van der Waals surface area (Å²) in [5.41, 5.74) is 4.16. The fourth-order valence-electron chi connectivity index (χ4n) is 7.95. The third-order valence-electron chi connectivity index (χ3n) is 11.3. The Labute approximate surface area is 319 Å². The Morgan fingerprint density at radius 1 is 0.537 bits per heavy atom. The smallest absolute Gasteiger partial charge is 0.414 e. The van der Waals surface area contributed by atoms with Gasteiger partial charge in [-0.05, 0) is 111 Å². The van der Waals surface area contributed by atoms with Crippen molar-refractivity contribution in [2.24, 2.45) is 0 Å². The second-order valence-electron chi connectivity index (χ2n) is 15.1. The molecule has 0 atom stereocenters. The molecule has 2 aliphatic heterocycles. The van der Waals surface area contributed by atoms with Crippen LogP contribution in [0.15, 0.2) is 97.1 Å². The van der Waals surface area contributed by atoms with E-state index in [1.807, 2.05) is 72.8 Å². The second kappa shape index (κ2) is 19.1. The van der Waals surface area contributed by atoms with Gasteiger partial charge in [-0.25, -0.2) is 9.59 Å². The zero-order valence-corrected chi connectivity index (χ0v) is 31.5. The first kappa shape index (κ1) is 40.5. The van der Waals surface area contributed by atoms with Crippen molar-refractivity contribution in [3.05, 3.63) is 130 Å². The van der Waals surface area contributed by atoms with Crippen molar-refractivity contribution >= 4 is 11.9 Å². The molecule has 2 aliphatic rings. The van der Waals surface area contributed by atoms with Crippen molar-refractivity contribution in [2.45, 2.75) is 95.2 Å². The molecule has 5 N–H and O–H groups in total. The van der Waals surface area contributed by atoms with E-state index in [0.29, 0.717) is 24.3 Å². The van der Waals surface area contributed by atoms with Gasteiger partial charge in [0.2, 0.25) is 0 Å². The lowest BCUT2D eigenvalue weighted by Crippen LogP contribution is -2.33. The van der Waals surface area contributed by atoms with Crippen LogP contribution in [0.3, 0.4) is 0 Å². The molecule has 0 radical (unpaired) electrons. The first-order chi connectivity index (χ1) is 26.0. The van der Waals surface area contributed by atoms with Gasteiger partial charge in [-0.2, -0.15) is 0 Å². The van der Waals surface area contributed by atoms with Gasteiger partial charge in [-0.1, -0.05) is 105 Å². The summed E-state index contributed by atoms with van der Waals surface area (Å²) in [5.74, 6) is -2.98. The quantitative estimate of drug-likeness (QED) is 0.0968. The summed E-state index contributed by atoms with van der Waals surface area (Å²) in [6.07, 6.45) is 11.0. The normalized spacial score (nSPS) is 16.0. The summed E-state index contributed by atoms with van der Waals surface area (Å²) in [6.45, 7) is 7.94. The lowest BCUT2D eigenvalue weighted by molar-refractivity contribution is -0.159. The van der Waals surface area contributed by atoms with Gasteiger partial charge >= 0.3 is 11.9 Å². The zero-order valence-electron chi connectivity index (χ0n) is 31.5. The van der Waals surface area contributed by atoms with Crippen LogP contribution < -0.4 is 0 Å². The number of benzene rings is 4. The summed E-state index contributed by atoms with van der Waals surface area (Å²) in [4.78, 5) is 23.2. The third-order valence-corrected chi connectivity index (χ3v) is 11.3. The van der Waals surface area contributed by atoms with E-state index < -0.39 is 23.0 Å². The number of aliphatic carboxylic acids is 2. The van der Waals surface area contributed by atoms with Crippen LogP contribution in [-0.2, 0) is 33.7 Å². The fraction of sp³-hybridized carbons (Fsp3) is 0.422. The van der Waals surface area contributed by atoms with Gasteiger partial charge in [0.05, 0.1) is 0 Å². The Balaban J connectivity index is 0.000000864. The van der Waals surface area contributed by atoms with Crippen molar-refractivity contribution in [2.75, 3.05) is 26.2 Å². The van der Waals surface area contributed by atoms with E-state index >= 15 is 0 Å². The van der Waals surface area contributed by atoms with Gasteiger partial charge in [0.1, 0.15) is 17.1 Å². The van der Waals surface area contributed by atoms with Gasteiger partial charge < -0.3 is 25.5 Å². The number of aliphatic hydroxyl groups is 1. The Kier molecular flexibility index (Phi) is 14.3. The summed E-state index contributed by atoms with van der Waals surface area (Å²) in [7, 11) is 0. The number of nitrogens with zero attached hydrogens (tertiary/aromatic N) is 2. The predicted molar refractivity (Wildman–Crippen MR) is 211 cm³/mol. The fourth-order valence-corrected chi connectivity index (χ4v) is 7.95. The predicted octanol–water partition coefficient (Wildman–Crippen LogP) is 8.03. The highest BCUT2D eigenvalue weighted by Gasteiger charge is 2.38. The first-order valence-corrected chi connectivity index (χ1v) is 19.4. The maximum absolute atomic E-state index is 12.6. The molecule has 2 saturated heterocycles. The van der Waals surface area contributed by atoms with E-state index in [4.69, 9.17) is 19.8 Å². The molecule has 0 amide bonds. The summed E-state index contributed by atoms with van der Waals surface area (Å²) < 4.78 is 0. The Morgan fingerprint density at radius 2 is 0.907 bits per heavy atom. The molecule has 6 rings (SSSR count). The van der Waals surface area contributed by atoms with Crippen molar-refractivity contribution in [1.29, 1.82) is 0 Å². The van der Waals surface area contributed by atoms with E-state index in [2.05, 4.69) is 41.0 Å². The first-order valence-electron chi connectivity index (χ1n) is 19.4. The highest BCUT2D eigenvalue weighted by molar-refractivity contribution is 6.27. The number of rotatable bonds is 11. The molecule has 2 fully saturated rings. The van der Waals surface area contributed by atoms with E-state index in [-0.39, 0.29) is 0 Å². The molecule has 0 spiro atoms. The van der Waals surface area contributed by atoms with Crippen molar-refractivity contribution in [3.8, 4) is 11.5 Å². The van der Waals surface area contributed by atoms with Crippen molar-refractivity contribution < 1.29 is 35.1 Å². The Hall–Kier alpha value is -4.70. The second-order valence-corrected chi connectivity index (χ2v) is 15.1. The zero-order chi connectivity index (χ0) is 38.6. The molecular formula is C45H56N2O7. The molecule has 2 heterocycles. The van der Waals surface area contributed by atoms with Crippen LogP contribution in [0.4, 0.5) is 0 Å². The van der Waals surface area contributed by atoms with E-state index in [1.54, 1.807) is 0 Å². The molecule has 54 heavy (non-hydrogen) atoms. The Morgan fingerprint density at radius 3 is 1.26 bits per heavy atom. The van der Waals surface area contributed by atoms with Crippen LogP contribution >= 0.6 is 0 Å². The highest BCUT2D eigenvalue weighted by atomic mass is 16.4. The summed E-state index contributed by atoms with van der Waals surface area (Å²) in [5, 5.41) is 49.6. The number of hydrogen-bond acceptors (Lipinski definition) is 7. The molecule has 0 aliphatic carbocycles. The van der Waals surface area contributed by atoms with Crippen LogP contribution in [-0.4, -0.2) is 73.5 Å². The largest absolute Gasteiger partial charge is 0.508 e. The van der Waals surface area contributed by atoms with Gasteiger partial charge in [-0.3, -0.25) is 9.80 Å². The lowest BCUT2D eigenvalue weighted by atomic mass is 9.69. The number of phenols is 2. The van der Waals surface area contributed by atoms with Crippen LogP contribution in [0, 0.1) is 0 Å². The molecule has 0 bridgehead atoms. The van der Waals surface area contributed by atoms with E-state index in [9.17, 15) is 15.3 Å². The molecule has 4 aromatic rings. The molecular weight excluding hydrogens is 681 g/mol. The van der Waals surface area contributed by atoms with Crippen LogP contribution in [0.5, 0.6) is 11.5 Å². The Bertz CT molecular complexity index is 1670. The molecule has 0 saturated carbocycles. The molecule has 9 heteroatoms. The van der Waals surface area contributed by atoms with Gasteiger partial charge in [0.25, 0.3) is 0 Å². The minimum absolute atomic E-state index is 0.336. The number of carboxylic acids is 2. The monoisotopic (exact) mass is 736 g/mol. The SMILES string of the molecule is CC(CCC(O)(c1ccccc1)c1ccccc1)(c1ccc(O)c(CN2CCCCCC2)c1)c1ccc(O)c(CN2CCCCCC2)c1.O=C(O)C(=O)O. The molecule has 0 aromatic heterocycles. The minimum atomic E-state index is -1.82. The van der Waals surface area contributed by atoms with Gasteiger partial charge in [0.15, 0.2) is 0 Å². The van der Waals surface area contributed by atoms with E-state index in [0.717, 1.165) is 72.6 Å². The third kappa shape index (κ3) is 10.5. The van der Waals surface area contributed by atoms with Gasteiger partial charge in [0, 0.05) is 29.6 Å².